The van der Waals surface area contributed by atoms with Gasteiger partial charge in [-0.25, -0.2) is 0 Å². The second kappa shape index (κ2) is 8.25. The molecule has 7 rings (SSSR count). The van der Waals surface area contributed by atoms with Gasteiger partial charge < -0.3 is 9.47 Å². The van der Waals surface area contributed by atoms with E-state index in [-0.39, 0.29) is 5.41 Å². The summed E-state index contributed by atoms with van der Waals surface area (Å²) in [6.45, 7) is 4.73. The molecular weight excluding hydrogens is 448 g/mol. The van der Waals surface area contributed by atoms with Gasteiger partial charge in [-0.15, -0.1) is 0 Å². The van der Waals surface area contributed by atoms with E-state index in [9.17, 15) is 0 Å². The van der Waals surface area contributed by atoms with E-state index >= 15 is 0 Å². The lowest BCUT2D eigenvalue weighted by Crippen LogP contribution is -2.15. The maximum absolute atomic E-state index is 2.46. The van der Waals surface area contributed by atoms with Crippen LogP contribution in [-0.2, 0) is 5.41 Å². The molecule has 1 heterocycles. The van der Waals surface area contributed by atoms with Crippen LogP contribution in [0.3, 0.4) is 0 Å². The second-order valence-corrected chi connectivity index (χ2v) is 10.3. The van der Waals surface area contributed by atoms with Gasteiger partial charge in [-0.05, 0) is 65.7 Å². The highest BCUT2D eigenvalue weighted by atomic mass is 15.1. The third-order valence-corrected chi connectivity index (χ3v) is 7.73. The molecular formula is C35H28N2. The van der Waals surface area contributed by atoms with E-state index in [1.54, 1.807) is 0 Å². The van der Waals surface area contributed by atoms with Crippen molar-refractivity contribution >= 4 is 28.0 Å². The van der Waals surface area contributed by atoms with Gasteiger partial charge in [0.15, 0.2) is 0 Å². The van der Waals surface area contributed by atoms with Crippen LogP contribution >= 0.6 is 0 Å². The number of fused-ring (bicyclic) bond motifs is 5. The fourth-order valence-corrected chi connectivity index (χ4v) is 6.12. The first-order valence-electron chi connectivity index (χ1n) is 12.9. The second-order valence-electron chi connectivity index (χ2n) is 10.3. The SMILES string of the molecule is CC1(C)c2ccccc2-c2c1c1cc(N(c3ccccc3)c3ccccc3)ccc1n2-c1ccccc1. The van der Waals surface area contributed by atoms with Crippen LogP contribution in [-0.4, -0.2) is 4.57 Å². The molecule has 0 aliphatic heterocycles. The van der Waals surface area contributed by atoms with Crippen LogP contribution in [0.25, 0.3) is 27.8 Å². The minimum Gasteiger partial charge on any atom is -0.310 e. The highest BCUT2D eigenvalue weighted by Gasteiger charge is 2.40. The fraction of sp³-hybridized carbons (Fsp3) is 0.0857. The standard InChI is InChI=1S/C35H28N2/c1-35(2)31-21-13-12-20-29(31)34-33(35)30-24-28(22-23-32(30)37(34)27-18-10-5-11-19-27)36(25-14-6-3-7-15-25)26-16-8-4-9-17-26/h3-24H,1-2H3. The molecule has 1 aliphatic rings. The molecule has 0 amide bonds. The zero-order chi connectivity index (χ0) is 25.0. The van der Waals surface area contributed by atoms with Crippen molar-refractivity contribution in [2.45, 2.75) is 19.3 Å². The predicted octanol–water partition coefficient (Wildman–Crippen LogP) is 9.41. The van der Waals surface area contributed by atoms with Gasteiger partial charge >= 0.3 is 0 Å². The lowest BCUT2D eigenvalue weighted by atomic mass is 9.81. The highest BCUT2D eigenvalue weighted by Crippen LogP contribution is 2.54. The van der Waals surface area contributed by atoms with Crippen LogP contribution in [0, 0.1) is 0 Å². The average molecular weight is 477 g/mol. The Kier molecular flexibility index (Phi) is 4.84. The highest BCUT2D eigenvalue weighted by molar-refractivity contribution is 6.01. The first kappa shape index (κ1) is 21.7. The van der Waals surface area contributed by atoms with Crippen molar-refractivity contribution < 1.29 is 0 Å². The van der Waals surface area contributed by atoms with E-state index in [1.165, 1.54) is 39.0 Å². The summed E-state index contributed by atoms with van der Waals surface area (Å²) in [5.74, 6) is 0. The van der Waals surface area contributed by atoms with Crippen LogP contribution in [0.15, 0.2) is 133 Å². The van der Waals surface area contributed by atoms with Crippen molar-refractivity contribution in [1.82, 2.24) is 4.57 Å². The molecule has 0 bridgehead atoms. The van der Waals surface area contributed by atoms with Crippen LogP contribution in [0.1, 0.15) is 25.0 Å². The van der Waals surface area contributed by atoms with E-state index in [0.29, 0.717) is 0 Å². The molecule has 178 valence electrons. The molecule has 0 saturated heterocycles. The van der Waals surface area contributed by atoms with Gasteiger partial charge in [-0.2, -0.15) is 0 Å². The average Bonchev–Trinajstić information content (AvgIpc) is 3.41. The first-order chi connectivity index (χ1) is 18.1. The summed E-state index contributed by atoms with van der Waals surface area (Å²) < 4.78 is 2.46. The van der Waals surface area contributed by atoms with E-state index in [1.807, 2.05) is 0 Å². The predicted molar refractivity (Wildman–Crippen MR) is 156 cm³/mol. The van der Waals surface area contributed by atoms with Gasteiger partial charge in [0.05, 0.1) is 11.2 Å². The molecule has 2 heteroatoms. The summed E-state index contributed by atoms with van der Waals surface area (Å²) >= 11 is 0. The molecule has 5 aromatic carbocycles. The van der Waals surface area contributed by atoms with E-state index < -0.39 is 0 Å². The van der Waals surface area contributed by atoms with Crippen LogP contribution in [0.2, 0.25) is 0 Å². The molecule has 0 unspecified atom stereocenters. The summed E-state index contributed by atoms with van der Waals surface area (Å²) in [7, 11) is 0. The largest absolute Gasteiger partial charge is 0.310 e. The van der Waals surface area contributed by atoms with Gasteiger partial charge in [0.1, 0.15) is 0 Å². The Hall–Kier alpha value is -4.56. The van der Waals surface area contributed by atoms with Gasteiger partial charge in [0.2, 0.25) is 0 Å². The smallest absolute Gasteiger partial charge is 0.0585 e. The normalized spacial score (nSPS) is 13.4. The lowest BCUT2D eigenvalue weighted by Gasteiger charge is -2.26. The zero-order valence-electron chi connectivity index (χ0n) is 21.1. The van der Waals surface area contributed by atoms with Gasteiger partial charge in [-0.1, -0.05) is 92.7 Å². The van der Waals surface area contributed by atoms with Crippen LogP contribution in [0.5, 0.6) is 0 Å². The third kappa shape index (κ3) is 3.26. The van der Waals surface area contributed by atoms with Crippen molar-refractivity contribution in [2.24, 2.45) is 0 Å². The molecule has 0 fully saturated rings. The number of hydrogen-bond donors (Lipinski definition) is 0. The molecule has 1 aliphatic carbocycles. The van der Waals surface area contributed by atoms with Crippen LogP contribution < -0.4 is 4.90 Å². The Bertz CT molecular complexity index is 1690. The Labute approximate surface area is 218 Å². The van der Waals surface area contributed by atoms with E-state index in [2.05, 4.69) is 157 Å². The number of aromatic nitrogens is 1. The van der Waals surface area contributed by atoms with Crippen molar-refractivity contribution in [3.63, 3.8) is 0 Å². The molecule has 6 aromatic rings. The quantitative estimate of drug-likeness (QED) is 0.246. The molecule has 0 saturated carbocycles. The Morgan fingerprint density at radius 2 is 1.14 bits per heavy atom. The first-order valence-corrected chi connectivity index (χ1v) is 12.9. The van der Waals surface area contributed by atoms with Crippen molar-refractivity contribution in [3.8, 4) is 16.9 Å². The molecule has 37 heavy (non-hydrogen) atoms. The zero-order valence-corrected chi connectivity index (χ0v) is 21.1. The van der Waals surface area contributed by atoms with E-state index in [4.69, 9.17) is 0 Å². The molecule has 0 spiro atoms. The number of rotatable bonds is 4. The Morgan fingerprint density at radius 3 is 1.78 bits per heavy atom. The topological polar surface area (TPSA) is 8.17 Å². The Morgan fingerprint density at radius 1 is 0.568 bits per heavy atom. The monoisotopic (exact) mass is 476 g/mol. The lowest BCUT2D eigenvalue weighted by molar-refractivity contribution is 0.666. The van der Waals surface area contributed by atoms with Gasteiger partial charge in [-0.3, -0.25) is 0 Å². The third-order valence-electron chi connectivity index (χ3n) is 7.73. The maximum atomic E-state index is 2.46. The minimum absolute atomic E-state index is 0.104. The number of hydrogen-bond acceptors (Lipinski definition) is 1. The minimum atomic E-state index is -0.104. The van der Waals surface area contributed by atoms with E-state index in [0.717, 1.165) is 17.1 Å². The number of nitrogens with zero attached hydrogens (tertiary/aromatic N) is 2. The molecule has 0 atom stereocenters. The number of benzene rings is 5. The Balaban J connectivity index is 1.55. The summed E-state index contributed by atoms with van der Waals surface area (Å²) in [6, 6.07) is 47.9. The molecule has 1 aromatic heterocycles. The summed E-state index contributed by atoms with van der Waals surface area (Å²) in [6.07, 6.45) is 0. The molecule has 0 radical (unpaired) electrons. The number of para-hydroxylation sites is 3. The number of anilines is 3. The molecule has 0 N–H and O–H groups in total. The molecule has 2 nitrogen and oxygen atoms in total. The fourth-order valence-electron chi connectivity index (χ4n) is 6.12. The summed E-state index contributed by atoms with van der Waals surface area (Å²) in [5.41, 5.74) is 11.2. The van der Waals surface area contributed by atoms with Crippen molar-refractivity contribution in [1.29, 1.82) is 0 Å². The van der Waals surface area contributed by atoms with Gasteiger partial charge in [0, 0.05) is 39.1 Å². The summed E-state index contributed by atoms with van der Waals surface area (Å²) in [4.78, 5) is 2.35. The van der Waals surface area contributed by atoms with Crippen LogP contribution in [0.4, 0.5) is 17.1 Å². The van der Waals surface area contributed by atoms with Crippen molar-refractivity contribution in [2.75, 3.05) is 4.90 Å². The van der Waals surface area contributed by atoms with Gasteiger partial charge in [0.25, 0.3) is 0 Å². The summed E-state index contributed by atoms with van der Waals surface area (Å²) in [5, 5.41) is 1.30. The van der Waals surface area contributed by atoms with Crippen molar-refractivity contribution in [3.05, 3.63) is 145 Å². The maximum Gasteiger partial charge on any atom is 0.0585 e.